The number of hydrogen-bond acceptors (Lipinski definition) is 4. The summed E-state index contributed by atoms with van der Waals surface area (Å²) in [5, 5.41) is 20.1. The van der Waals surface area contributed by atoms with Gasteiger partial charge in [-0.1, -0.05) is 24.9 Å². The molecule has 0 aliphatic heterocycles. The molecular formula is C13H17ClN2O4. The molecule has 7 heteroatoms. The summed E-state index contributed by atoms with van der Waals surface area (Å²) in [6.45, 7) is 5.16. The average molecular weight is 301 g/mol. The Balaban J connectivity index is 3.35. The highest BCUT2D eigenvalue weighted by Gasteiger charge is 2.23. The van der Waals surface area contributed by atoms with Crippen molar-refractivity contribution in [2.24, 2.45) is 0 Å². The van der Waals surface area contributed by atoms with E-state index in [1.807, 2.05) is 18.7 Å². The van der Waals surface area contributed by atoms with Gasteiger partial charge in [-0.3, -0.25) is 10.1 Å². The molecule has 0 atom stereocenters. The van der Waals surface area contributed by atoms with Gasteiger partial charge in [0.1, 0.15) is 0 Å². The third-order valence-electron chi connectivity index (χ3n) is 2.97. The summed E-state index contributed by atoms with van der Waals surface area (Å²) in [5.41, 5.74) is -0.106. The van der Waals surface area contributed by atoms with Crippen LogP contribution >= 0.6 is 11.6 Å². The highest BCUT2D eigenvalue weighted by molar-refractivity contribution is 6.34. The fourth-order valence-corrected chi connectivity index (χ4v) is 2.28. The molecule has 0 unspecified atom stereocenters. The summed E-state index contributed by atoms with van der Waals surface area (Å²) < 4.78 is 0. The summed E-state index contributed by atoms with van der Waals surface area (Å²) in [6.07, 6.45) is 1.85. The number of nitro benzene ring substituents is 1. The molecule has 0 aliphatic carbocycles. The lowest BCUT2D eigenvalue weighted by Gasteiger charge is -2.25. The van der Waals surface area contributed by atoms with Crippen LogP contribution in [0.5, 0.6) is 0 Å². The molecule has 110 valence electrons. The van der Waals surface area contributed by atoms with E-state index in [-0.39, 0.29) is 16.3 Å². The Bertz CT molecular complexity index is 519. The number of halogens is 1. The lowest BCUT2D eigenvalue weighted by molar-refractivity contribution is -0.384. The molecule has 1 rings (SSSR count). The zero-order chi connectivity index (χ0) is 15.3. The van der Waals surface area contributed by atoms with Crippen molar-refractivity contribution >= 4 is 28.9 Å². The number of nitrogens with zero attached hydrogens (tertiary/aromatic N) is 2. The molecule has 20 heavy (non-hydrogen) atoms. The Morgan fingerprint density at radius 2 is 2.10 bits per heavy atom. The minimum Gasteiger partial charge on any atom is -0.478 e. The first-order chi connectivity index (χ1) is 9.42. The maximum absolute atomic E-state index is 11.3. The van der Waals surface area contributed by atoms with Gasteiger partial charge in [0.05, 0.1) is 21.2 Å². The molecule has 1 aromatic carbocycles. The molecule has 0 aliphatic rings. The largest absolute Gasteiger partial charge is 0.478 e. The minimum atomic E-state index is -1.22. The second kappa shape index (κ2) is 7.09. The number of carbonyl (C=O) groups is 1. The van der Waals surface area contributed by atoms with Gasteiger partial charge in [0, 0.05) is 25.2 Å². The number of benzene rings is 1. The van der Waals surface area contributed by atoms with E-state index in [9.17, 15) is 20.0 Å². The Morgan fingerprint density at radius 3 is 2.55 bits per heavy atom. The molecule has 1 aromatic rings. The first kappa shape index (κ1) is 16.2. The zero-order valence-electron chi connectivity index (χ0n) is 11.4. The highest BCUT2D eigenvalue weighted by Crippen LogP contribution is 2.34. The lowest BCUT2D eigenvalue weighted by Crippen LogP contribution is -2.26. The van der Waals surface area contributed by atoms with Crippen LogP contribution in [0.1, 0.15) is 37.0 Å². The number of nitro groups is 1. The number of aromatic carboxylic acids is 1. The average Bonchev–Trinajstić information content (AvgIpc) is 2.39. The number of non-ortho nitro benzene ring substituents is 1. The number of hydrogen-bond donors (Lipinski definition) is 1. The summed E-state index contributed by atoms with van der Waals surface area (Å²) in [4.78, 5) is 23.3. The number of carboxylic acid groups (broad SMARTS) is 1. The molecule has 0 aromatic heterocycles. The van der Waals surface area contributed by atoms with Crippen LogP contribution in [0.25, 0.3) is 0 Å². The fourth-order valence-electron chi connectivity index (χ4n) is 1.95. The van der Waals surface area contributed by atoms with Crippen molar-refractivity contribution in [3.8, 4) is 0 Å². The van der Waals surface area contributed by atoms with Gasteiger partial charge in [0.25, 0.3) is 5.69 Å². The van der Waals surface area contributed by atoms with Gasteiger partial charge in [0.15, 0.2) is 0 Å². The van der Waals surface area contributed by atoms with Crippen LogP contribution in [0.2, 0.25) is 5.02 Å². The van der Waals surface area contributed by atoms with E-state index < -0.39 is 10.9 Å². The minimum absolute atomic E-state index is 0.0922. The van der Waals surface area contributed by atoms with Crippen LogP contribution in [0.15, 0.2) is 12.1 Å². The quantitative estimate of drug-likeness (QED) is 0.614. The molecule has 0 amide bonds. The third-order valence-corrected chi connectivity index (χ3v) is 3.26. The summed E-state index contributed by atoms with van der Waals surface area (Å²) in [7, 11) is 0. The normalized spacial score (nSPS) is 10.3. The Labute approximate surface area is 122 Å². The number of anilines is 1. The van der Waals surface area contributed by atoms with Gasteiger partial charge in [-0.2, -0.15) is 0 Å². The van der Waals surface area contributed by atoms with Gasteiger partial charge < -0.3 is 10.0 Å². The van der Waals surface area contributed by atoms with Crippen LogP contribution in [-0.4, -0.2) is 29.1 Å². The van der Waals surface area contributed by atoms with E-state index in [1.54, 1.807) is 0 Å². The Hall–Kier alpha value is -1.82. The van der Waals surface area contributed by atoms with E-state index in [4.69, 9.17) is 11.6 Å². The van der Waals surface area contributed by atoms with Crippen LogP contribution < -0.4 is 4.90 Å². The molecule has 0 saturated carbocycles. The Morgan fingerprint density at radius 1 is 1.45 bits per heavy atom. The zero-order valence-corrected chi connectivity index (χ0v) is 12.2. The predicted octanol–water partition coefficient (Wildman–Crippen LogP) is 3.57. The summed E-state index contributed by atoms with van der Waals surface area (Å²) in [5.74, 6) is -1.22. The predicted molar refractivity (Wildman–Crippen MR) is 77.9 cm³/mol. The Kier molecular flexibility index (Phi) is 5.76. The highest BCUT2D eigenvalue weighted by atomic mass is 35.5. The molecule has 1 N–H and O–H groups in total. The lowest BCUT2D eigenvalue weighted by atomic mass is 10.1. The number of carboxylic acids is 1. The number of rotatable bonds is 7. The van der Waals surface area contributed by atoms with Crippen LogP contribution in [-0.2, 0) is 0 Å². The molecule has 0 fully saturated rings. The van der Waals surface area contributed by atoms with Gasteiger partial charge >= 0.3 is 5.97 Å². The van der Waals surface area contributed by atoms with Gasteiger partial charge in [0.2, 0.25) is 0 Å². The van der Waals surface area contributed by atoms with Crippen molar-refractivity contribution < 1.29 is 14.8 Å². The van der Waals surface area contributed by atoms with Crippen molar-refractivity contribution in [2.45, 2.75) is 26.7 Å². The van der Waals surface area contributed by atoms with Crippen molar-refractivity contribution in [3.63, 3.8) is 0 Å². The number of unbranched alkanes of at least 4 members (excludes halogenated alkanes) is 1. The van der Waals surface area contributed by atoms with Gasteiger partial charge in [-0.25, -0.2) is 4.79 Å². The molecular weight excluding hydrogens is 284 g/mol. The first-order valence-corrected chi connectivity index (χ1v) is 6.76. The van der Waals surface area contributed by atoms with Crippen LogP contribution in [0.3, 0.4) is 0 Å². The van der Waals surface area contributed by atoms with Crippen molar-refractivity contribution in [1.29, 1.82) is 0 Å². The van der Waals surface area contributed by atoms with Gasteiger partial charge in [-0.15, -0.1) is 0 Å². The van der Waals surface area contributed by atoms with Crippen LogP contribution in [0, 0.1) is 10.1 Å². The fraction of sp³-hybridized carbons (Fsp3) is 0.462. The maximum Gasteiger partial charge on any atom is 0.338 e. The third kappa shape index (κ3) is 3.60. The van der Waals surface area contributed by atoms with Crippen molar-refractivity contribution in [1.82, 2.24) is 0 Å². The van der Waals surface area contributed by atoms with E-state index in [0.717, 1.165) is 18.9 Å². The van der Waals surface area contributed by atoms with E-state index in [2.05, 4.69) is 0 Å². The monoisotopic (exact) mass is 300 g/mol. The smallest absolute Gasteiger partial charge is 0.338 e. The van der Waals surface area contributed by atoms with E-state index in [0.29, 0.717) is 18.8 Å². The first-order valence-electron chi connectivity index (χ1n) is 6.38. The van der Waals surface area contributed by atoms with E-state index in [1.165, 1.54) is 6.07 Å². The second-order valence-electron chi connectivity index (χ2n) is 4.32. The summed E-state index contributed by atoms with van der Waals surface area (Å²) >= 11 is 6.07. The van der Waals surface area contributed by atoms with Crippen molar-refractivity contribution in [2.75, 3.05) is 18.0 Å². The maximum atomic E-state index is 11.3. The SMILES string of the molecule is CCCCN(CC)c1c(Cl)cc([N+](=O)[O-])cc1C(=O)O. The molecule has 0 saturated heterocycles. The molecule has 0 bridgehead atoms. The summed E-state index contributed by atoms with van der Waals surface area (Å²) in [6, 6.07) is 2.25. The molecule has 0 spiro atoms. The molecule has 0 heterocycles. The standard InChI is InChI=1S/C13H17ClN2O4/c1-3-5-6-15(4-2)12-10(13(17)18)7-9(16(19)20)8-11(12)14/h7-8H,3-6H2,1-2H3,(H,17,18). The van der Waals surface area contributed by atoms with Gasteiger partial charge in [-0.05, 0) is 13.3 Å². The second-order valence-corrected chi connectivity index (χ2v) is 4.73. The molecule has 6 nitrogen and oxygen atoms in total. The van der Waals surface area contributed by atoms with Crippen LogP contribution in [0.4, 0.5) is 11.4 Å². The van der Waals surface area contributed by atoms with E-state index >= 15 is 0 Å². The topological polar surface area (TPSA) is 83.7 Å². The molecule has 0 radical (unpaired) electrons. The van der Waals surface area contributed by atoms with Crippen molar-refractivity contribution in [3.05, 3.63) is 32.8 Å².